The standard InChI is InChI=1S/C20H18N4O/c21-19(15-6-2-1-3-7-15)20-23-18(25-24-20)11-10-14-12-13-22-17-9-5-4-8-16(14)17/h1-9,12-13,19H,10-11,21H2. The molecule has 124 valence electrons. The van der Waals surface area contributed by atoms with Crippen LogP contribution in [0.2, 0.25) is 0 Å². The molecule has 5 heteroatoms. The smallest absolute Gasteiger partial charge is 0.227 e. The number of nitrogens with zero attached hydrogens (tertiary/aromatic N) is 3. The second kappa shape index (κ2) is 6.83. The fourth-order valence-corrected chi connectivity index (χ4v) is 2.92. The van der Waals surface area contributed by atoms with Crippen LogP contribution in [0.5, 0.6) is 0 Å². The van der Waals surface area contributed by atoms with Crippen molar-refractivity contribution in [1.82, 2.24) is 15.1 Å². The molecule has 25 heavy (non-hydrogen) atoms. The van der Waals surface area contributed by atoms with Crippen LogP contribution in [0.1, 0.15) is 28.9 Å². The van der Waals surface area contributed by atoms with Crippen molar-refractivity contribution >= 4 is 10.9 Å². The van der Waals surface area contributed by atoms with Gasteiger partial charge < -0.3 is 10.3 Å². The number of para-hydroxylation sites is 1. The van der Waals surface area contributed by atoms with Gasteiger partial charge in [-0.2, -0.15) is 4.98 Å². The van der Waals surface area contributed by atoms with E-state index in [1.54, 1.807) is 0 Å². The van der Waals surface area contributed by atoms with Crippen molar-refractivity contribution in [3.05, 3.63) is 89.7 Å². The number of rotatable bonds is 5. The average Bonchev–Trinajstić information content (AvgIpc) is 3.15. The van der Waals surface area contributed by atoms with Crippen LogP contribution in [0.3, 0.4) is 0 Å². The van der Waals surface area contributed by atoms with Gasteiger partial charge >= 0.3 is 0 Å². The predicted octanol–water partition coefficient (Wildman–Crippen LogP) is 3.45. The molecule has 0 aliphatic carbocycles. The Hall–Kier alpha value is -3.05. The number of benzene rings is 2. The summed E-state index contributed by atoms with van der Waals surface area (Å²) in [6.07, 6.45) is 3.32. The van der Waals surface area contributed by atoms with E-state index in [9.17, 15) is 0 Å². The Morgan fingerprint density at radius 2 is 1.72 bits per heavy atom. The van der Waals surface area contributed by atoms with Crippen molar-refractivity contribution in [2.24, 2.45) is 5.73 Å². The van der Waals surface area contributed by atoms with Gasteiger partial charge in [0.1, 0.15) is 0 Å². The summed E-state index contributed by atoms with van der Waals surface area (Å²) in [6.45, 7) is 0. The Morgan fingerprint density at radius 1 is 0.920 bits per heavy atom. The van der Waals surface area contributed by atoms with E-state index in [4.69, 9.17) is 10.3 Å². The van der Waals surface area contributed by atoms with Gasteiger partial charge in [-0.3, -0.25) is 4.98 Å². The maximum absolute atomic E-state index is 6.22. The third kappa shape index (κ3) is 3.27. The van der Waals surface area contributed by atoms with Crippen LogP contribution in [0, 0.1) is 0 Å². The van der Waals surface area contributed by atoms with Crippen molar-refractivity contribution < 1.29 is 4.52 Å². The fourth-order valence-electron chi connectivity index (χ4n) is 2.92. The summed E-state index contributed by atoms with van der Waals surface area (Å²) < 4.78 is 5.38. The van der Waals surface area contributed by atoms with Gasteiger partial charge in [0.15, 0.2) is 5.82 Å². The van der Waals surface area contributed by atoms with Crippen LogP contribution < -0.4 is 5.73 Å². The average molecular weight is 330 g/mol. The maximum atomic E-state index is 6.22. The van der Waals surface area contributed by atoms with E-state index in [1.807, 2.05) is 60.8 Å². The first kappa shape index (κ1) is 15.5. The van der Waals surface area contributed by atoms with Crippen molar-refractivity contribution in [2.75, 3.05) is 0 Å². The number of aryl methyl sites for hydroxylation is 2. The lowest BCUT2D eigenvalue weighted by molar-refractivity contribution is 0.371. The highest BCUT2D eigenvalue weighted by Gasteiger charge is 2.16. The molecule has 2 N–H and O–H groups in total. The third-order valence-electron chi connectivity index (χ3n) is 4.27. The SMILES string of the molecule is NC(c1ccccc1)c1noc(CCc2ccnc3ccccc23)n1. The molecule has 4 aromatic rings. The van der Waals surface area contributed by atoms with E-state index in [0.29, 0.717) is 18.1 Å². The quantitative estimate of drug-likeness (QED) is 0.606. The minimum absolute atomic E-state index is 0.375. The summed E-state index contributed by atoms with van der Waals surface area (Å²) in [7, 11) is 0. The van der Waals surface area contributed by atoms with Gasteiger partial charge in [-0.25, -0.2) is 0 Å². The van der Waals surface area contributed by atoms with Gasteiger partial charge in [-0.15, -0.1) is 0 Å². The number of fused-ring (bicyclic) bond motifs is 1. The number of aromatic nitrogens is 3. The summed E-state index contributed by atoms with van der Waals surface area (Å²) in [5.41, 5.74) is 9.40. The molecule has 0 saturated carbocycles. The predicted molar refractivity (Wildman–Crippen MR) is 95.9 cm³/mol. The Labute approximate surface area is 145 Å². The lowest BCUT2D eigenvalue weighted by Crippen LogP contribution is -2.13. The summed E-state index contributed by atoms with van der Waals surface area (Å²) in [5, 5.41) is 5.20. The van der Waals surface area contributed by atoms with Gasteiger partial charge in [-0.05, 0) is 29.7 Å². The first-order chi connectivity index (χ1) is 12.3. The molecule has 1 unspecified atom stereocenters. The molecule has 0 radical (unpaired) electrons. The van der Waals surface area contributed by atoms with Gasteiger partial charge in [0.2, 0.25) is 5.89 Å². The van der Waals surface area contributed by atoms with E-state index in [0.717, 1.165) is 22.9 Å². The van der Waals surface area contributed by atoms with Crippen molar-refractivity contribution in [3.63, 3.8) is 0 Å². The highest BCUT2D eigenvalue weighted by molar-refractivity contribution is 5.81. The molecule has 0 aliphatic rings. The van der Waals surface area contributed by atoms with Crippen LogP contribution in [0.4, 0.5) is 0 Å². The highest BCUT2D eigenvalue weighted by atomic mass is 16.5. The Bertz CT molecular complexity index is 976. The van der Waals surface area contributed by atoms with Crippen LogP contribution in [-0.4, -0.2) is 15.1 Å². The second-order valence-corrected chi connectivity index (χ2v) is 5.92. The lowest BCUT2D eigenvalue weighted by atomic mass is 10.0. The molecule has 1 atom stereocenters. The molecule has 0 aliphatic heterocycles. The molecule has 2 aromatic heterocycles. The lowest BCUT2D eigenvalue weighted by Gasteiger charge is -2.06. The topological polar surface area (TPSA) is 77.8 Å². The van der Waals surface area contributed by atoms with Crippen molar-refractivity contribution in [2.45, 2.75) is 18.9 Å². The first-order valence-electron chi connectivity index (χ1n) is 8.27. The van der Waals surface area contributed by atoms with Gasteiger partial charge in [-0.1, -0.05) is 53.7 Å². The fraction of sp³-hybridized carbons (Fsp3) is 0.150. The van der Waals surface area contributed by atoms with E-state index in [-0.39, 0.29) is 6.04 Å². The molecule has 0 fully saturated rings. The van der Waals surface area contributed by atoms with Gasteiger partial charge in [0, 0.05) is 18.0 Å². The summed E-state index contributed by atoms with van der Waals surface area (Å²) in [4.78, 5) is 8.85. The zero-order chi connectivity index (χ0) is 17.1. The maximum Gasteiger partial charge on any atom is 0.227 e. The van der Waals surface area contributed by atoms with Crippen molar-refractivity contribution in [3.8, 4) is 0 Å². The van der Waals surface area contributed by atoms with Crippen molar-refractivity contribution in [1.29, 1.82) is 0 Å². The van der Waals surface area contributed by atoms with Gasteiger partial charge in [0.05, 0.1) is 11.6 Å². The van der Waals surface area contributed by atoms with E-state index in [1.165, 1.54) is 5.56 Å². The summed E-state index contributed by atoms with van der Waals surface area (Å²) >= 11 is 0. The second-order valence-electron chi connectivity index (χ2n) is 5.92. The molecule has 0 amide bonds. The molecule has 0 saturated heterocycles. The monoisotopic (exact) mass is 330 g/mol. The van der Waals surface area contributed by atoms with Crippen LogP contribution >= 0.6 is 0 Å². The molecule has 2 aromatic carbocycles. The Kier molecular flexibility index (Phi) is 4.23. The molecule has 2 heterocycles. The Morgan fingerprint density at radius 3 is 2.60 bits per heavy atom. The van der Waals surface area contributed by atoms with Crippen LogP contribution in [0.25, 0.3) is 10.9 Å². The first-order valence-corrected chi connectivity index (χ1v) is 8.27. The van der Waals surface area contributed by atoms with Crippen LogP contribution in [0.15, 0.2) is 71.4 Å². The molecule has 0 spiro atoms. The normalized spacial score (nSPS) is 12.4. The number of hydrogen-bond donors (Lipinski definition) is 1. The van der Waals surface area contributed by atoms with Crippen LogP contribution in [-0.2, 0) is 12.8 Å². The molecular weight excluding hydrogens is 312 g/mol. The number of hydrogen-bond acceptors (Lipinski definition) is 5. The van der Waals surface area contributed by atoms with E-state index in [2.05, 4.69) is 21.2 Å². The highest BCUT2D eigenvalue weighted by Crippen LogP contribution is 2.19. The largest absolute Gasteiger partial charge is 0.339 e. The number of nitrogens with two attached hydrogens (primary N) is 1. The molecule has 5 nitrogen and oxygen atoms in total. The minimum atomic E-state index is -0.375. The van der Waals surface area contributed by atoms with E-state index >= 15 is 0 Å². The summed E-state index contributed by atoms with van der Waals surface area (Å²) in [6, 6.07) is 19.6. The third-order valence-corrected chi connectivity index (χ3v) is 4.27. The van der Waals surface area contributed by atoms with E-state index < -0.39 is 0 Å². The van der Waals surface area contributed by atoms with Gasteiger partial charge in [0.25, 0.3) is 0 Å². The molecule has 4 rings (SSSR count). The minimum Gasteiger partial charge on any atom is -0.339 e. The molecular formula is C20H18N4O. The number of pyridine rings is 1. The molecule has 0 bridgehead atoms. The Balaban J connectivity index is 1.50. The summed E-state index contributed by atoms with van der Waals surface area (Å²) in [5.74, 6) is 1.11. The zero-order valence-corrected chi connectivity index (χ0v) is 13.7. The zero-order valence-electron chi connectivity index (χ0n) is 13.7.